The fourth-order valence-electron chi connectivity index (χ4n) is 5.94. The van der Waals surface area contributed by atoms with Crippen LogP contribution in [0.4, 0.5) is 0 Å². The summed E-state index contributed by atoms with van der Waals surface area (Å²) in [5.74, 6) is 2.33. The Morgan fingerprint density at radius 1 is 0.455 bits per heavy atom. The minimum atomic E-state index is 0.526. The van der Waals surface area contributed by atoms with Gasteiger partial charge in [-0.2, -0.15) is 0 Å². The molecule has 0 N–H and O–H groups in total. The van der Waals surface area contributed by atoms with Crippen LogP contribution < -0.4 is 0 Å². The lowest BCUT2D eigenvalue weighted by atomic mass is 10.1. The van der Waals surface area contributed by atoms with E-state index in [2.05, 4.69) is 65.2 Å². The van der Waals surface area contributed by atoms with E-state index in [1.165, 1.54) is 30.9 Å². The Balaban J connectivity index is 1.21. The van der Waals surface area contributed by atoms with Gasteiger partial charge in [0, 0.05) is 54.5 Å². The van der Waals surface area contributed by atoms with Crippen LogP contribution in [0.5, 0.6) is 0 Å². The lowest BCUT2D eigenvalue weighted by Gasteiger charge is -2.09. The number of benzene rings is 5. The molecule has 0 spiro atoms. The fourth-order valence-corrected chi connectivity index (χ4v) is 7.20. The summed E-state index contributed by atoms with van der Waals surface area (Å²) in [6.07, 6.45) is 3.61. The van der Waals surface area contributed by atoms with Crippen LogP contribution in [0.1, 0.15) is 0 Å². The van der Waals surface area contributed by atoms with Crippen molar-refractivity contribution in [2.45, 2.75) is 0 Å². The molecule has 0 radical (unpaired) electrons. The van der Waals surface area contributed by atoms with E-state index in [1.807, 2.05) is 72.0 Å². The predicted octanol–water partition coefficient (Wildman–Crippen LogP) is 9.13. The number of aromatic nitrogens is 6. The molecule has 4 heterocycles. The molecule has 0 aliphatic rings. The molecule has 0 bridgehead atoms. The van der Waals surface area contributed by atoms with E-state index in [1.54, 1.807) is 12.4 Å². The third kappa shape index (κ3) is 3.91. The van der Waals surface area contributed by atoms with Crippen molar-refractivity contribution in [3.05, 3.63) is 134 Å². The molecule has 0 saturated heterocycles. The maximum absolute atomic E-state index is 4.88. The highest BCUT2D eigenvalue weighted by Gasteiger charge is 2.19. The molecule has 0 unspecified atom stereocenters. The Morgan fingerprint density at radius 2 is 1.02 bits per heavy atom. The largest absolute Gasteiger partial charge is 0.278 e. The van der Waals surface area contributed by atoms with E-state index in [0.717, 1.165) is 27.7 Å². The predicted molar refractivity (Wildman–Crippen MR) is 179 cm³/mol. The summed E-state index contributed by atoms with van der Waals surface area (Å²) in [6, 6.07) is 41.4. The highest BCUT2D eigenvalue weighted by atomic mass is 32.1. The van der Waals surface area contributed by atoms with Crippen molar-refractivity contribution >= 4 is 53.3 Å². The highest BCUT2D eigenvalue weighted by Crippen LogP contribution is 2.42. The number of rotatable bonds is 4. The zero-order chi connectivity index (χ0) is 29.0. The van der Waals surface area contributed by atoms with Crippen molar-refractivity contribution in [2.75, 3.05) is 0 Å². The second-order valence-electron chi connectivity index (χ2n) is 10.6. The molecule has 9 rings (SSSR count). The lowest BCUT2D eigenvalue weighted by molar-refractivity contribution is 0.982. The van der Waals surface area contributed by atoms with Crippen LogP contribution in [-0.2, 0) is 0 Å². The average molecular weight is 583 g/mol. The second kappa shape index (κ2) is 9.90. The summed E-state index contributed by atoms with van der Waals surface area (Å²) in [5, 5.41) is 4.97. The summed E-state index contributed by atoms with van der Waals surface area (Å²) >= 11 is 1.84. The SMILES string of the molecule is c1ccc(-c2nc(-c3ccccc3)nc(-c3cnc(-n4c5ccccc5c5c6sc7ccccc7c6ccc54)nc3)n2)cc1. The highest BCUT2D eigenvalue weighted by molar-refractivity contribution is 7.26. The molecule has 4 aromatic heterocycles. The molecular formula is C37H22N6S. The Labute approximate surface area is 256 Å². The molecular weight excluding hydrogens is 561 g/mol. The zero-order valence-electron chi connectivity index (χ0n) is 23.3. The third-order valence-corrected chi connectivity index (χ3v) is 9.18. The number of nitrogens with zero attached hydrogens (tertiary/aromatic N) is 6. The number of hydrogen-bond donors (Lipinski definition) is 0. The molecule has 0 atom stereocenters. The Hall–Kier alpha value is -5.79. The van der Waals surface area contributed by atoms with Gasteiger partial charge in [-0.25, -0.2) is 24.9 Å². The van der Waals surface area contributed by atoms with Gasteiger partial charge in [0.25, 0.3) is 0 Å². The molecule has 44 heavy (non-hydrogen) atoms. The summed E-state index contributed by atoms with van der Waals surface area (Å²) < 4.78 is 4.72. The number of fused-ring (bicyclic) bond motifs is 7. The summed E-state index contributed by atoms with van der Waals surface area (Å²) in [5.41, 5.74) is 4.71. The molecule has 0 amide bonds. The topological polar surface area (TPSA) is 69.4 Å². The maximum Gasteiger partial charge on any atom is 0.234 e. The summed E-state index contributed by atoms with van der Waals surface area (Å²) in [7, 11) is 0. The smallest absolute Gasteiger partial charge is 0.234 e. The van der Waals surface area contributed by atoms with Crippen LogP contribution >= 0.6 is 11.3 Å². The van der Waals surface area contributed by atoms with Crippen molar-refractivity contribution < 1.29 is 0 Å². The van der Waals surface area contributed by atoms with Crippen molar-refractivity contribution in [1.29, 1.82) is 0 Å². The van der Waals surface area contributed by atoms with Crippen LogP contribution in [-0.4, -0.2) is 29.5 Å². The van der Waals surface area contributed by atoms with Crippen LogP contribution in [0, 0.1) is 0 Å². The Kier molecular flexibility index (Phi) is 5.57. The fraction of sp³-hybridized carbons (Fsp3) is 0. The van der Waals surface area contributed by atoms with Crippen LogP contribution in [0.3, 0.4) is 0 Å². The van der Waals surface area contributed by atoms with Gasteiger partial charge in [0.15, 0.2) is 17.5 Å². The Bertz CT molecular complexity index is 2430. The van der Waals surface area contributed by atoms with Gasteiger partial charge in [0.1, 0.15) is 0 Å². The van der Waals surface area contributed by atoms with Gasteiger partial charge < -0.3 is 0 Å². The van der Waals surface area contributed by atoms with Crippen molar-refractivity contribution in [1.82, 2.24) is 29.5 Å². The third-order valence-electron chi connectivity index (χ3n) is 7.98. The van der Waals surface area contributed by atoms with Crippen LogP contribution in [0.25, 0.3) is 82.1 Å². The summed E-state index contributed by atoms with van der Waals surface area (Å²) in [6.45, 7) is 0. The van der Waals surface area contributed by atoms with E-state index >= 15 is 0 Å². The van der Waals surface area contributed by atoms with E-state index in [0.29, 0.717) is 23.4 Å². The quantitative estimate of drug-likeness (QED) is 0.207. The minimum Gasteiger partial charge on any atom is -0.278 e. The first-order valence-corrected chi connectivity index (χ1v) is 15.2. The molecule has 5 aromatic carbocycles. The molecule has 9 aromatic rings. The second-order valence-corrected chi connectivity index (χ2v) is 11.6. The van der Waals surface area contributed by atoms with Crippen molar-refractivity contribution in [2.24, 2.45) is 0 Å². The van der Waals surface area contributed by atoms with Gasteiger partial charge >= 0.3 is 0 Å². The number of para-hydroxylation sites is 1. The standard InChI is InChI=1S/C37H22N6S/c1-3-11-23(12-4-1)34-40-35(24-13-5-2-6-14-24)42-36(41-34)25-21-38-37(39-22-25)43-29-17-9-7-16-28(29)32-30(43)20-19-27-26-15-8-10-18-31(26)44-33(27)32/h1-22H. The number of thiophene rings is 1. The molecule has 0 aliphatic carbocycles. The lowest BCUT2D eigenvalue weighted by Crippen LogP contribution is -2.03. The Morgan fingerprint density at radius 3 is 1.70 bits per heavy atom. The monoisotopic (exact) mass is 582 g/mol. The van der Waals surface area contributed by atoms with E-state index in [9.17, 15) is 0 Å². The van der Waals surface area contributed by atoms with E-state index in [4.69, 9.17) is 24.9 Å². The molecule has 0 saturated carbocycles. The minimum absolute atomic E-state index is 0.526. The molecule has 0 aliphatic heterocycles. The maximum atomic E-state index is 4.88. The van der Waals surface area contributed by atoms with Gasteiger partial charge in [-0.05, 0) is 18.2 Å². The van der Waals surface area contributed by atoms with Crippen molar-refractivity contribution in [3.63, 3.8) is 0 Å². The van der Waals surface area contributed by atoms with E-state index < -0.39 is 0 Å². The first-order chi connectivity index (χ1) is 21.8. The zero-order valence-corrected chi connectivity index (χ0v) is 24.1. The molecule has 206 valence electrons. The summed E-state index contributed by atoms with van der Waals surface area (Å²) in [4.78, 5) is 24.2. The van der Waals surface area contributed by atoms with Crippen LogP contribution in [0.15, 0.2) is 134 Å². The van der Waals surface area contributed by atoms with Gasteiger partial charge in [-0.3, -0.25) is 4.57 Å². The van der Waals surface area contributed by atoms with Gasteiger partial charge in [-0.15, -0.1) is 11.3 Å². The number of hydrogen-bond acceptors (Lipinski definition) is 6. The normalized spacial score (nSPS) is 11.6. The van der Waals surface area contributed by atoms with Gasteiger partial charge in [0.05, 0.1) is 16.6 Å². The molecule has 6 nitrogen and oxygen atoms in total. The van der Waals surface area contributed by atoms with Crippen LogP contribution in [0.2, 0.25) is 0 Å². The first kappa shape index (κ1) is 24.8. The average Bonchev–Trinajstić information content (AvgIpc) is 3.65. The molecule has 7 heteroatoms. The van der Waals surface area contributed by atoms with Crippen molar-refractivity contribution in [3.8, 4) is 40.1 Å². The molecule has 0 fully saturated rings. The first-order valence-electron chi connectivity index (χ1n) is 14.3. The van der Waals surface area contributed by atoms with Gasteiger partial charge in [0.2, 0.25) is 5.95 Å². The van der Waals surface area contributed by atoms with Gasteiger partial charge in [-0.1, -0.05) is 103 Å². The van der Waals surface area contributed by atoms with E-state index in [-0.39, 0.29) is 0 Å².